The highest BCUT2D eigenvalue weighted by Gasteiger charge is 2.15. The lowest BCUT2D eigenvalue weighted by molar-refractivity contribution is -0.137. The fourth-order valence-electron chi connectivity index (χ4n) is 1.73. The molecule has 0 aliphatic carbocycles. The number of hydrogen-bond donors (Lipinski definition) is 2. The molecule has 1 rings (SSSR count). The molecule has 2 N–H and O–H groups in total. The van der Waals surface area contributed by atoms with Gasteiger partial charge in [-0.3, -0.25) is 4.79 Å². The van der Waals surface area contributed by atoms with Gasteiger partial charge in [-0.25, -0.2) is 0 Å². The Bertz CT molecular complexity index is 449. The number of hydrogen-bond acceptors (Lipinski definition) is 3. The number of rotatable bonds is 7. The summed E-state index contributed by atoms with van der Waals surface area (Å²) in [7, 11) is 1.49. The number of carboxylic acids is 1. The molecule has 6 heteroatoms. The van der Waals surface area contributed by atoms with Gasteiger partial charge in [-0.2, -0.15) is 0 Å². The summed E-state index contributed by atoms with van der Waals surface area (Å²) in [5, 5.41) is 19.3. The average Bonchev–Trinajstić information content (AvgIpc) is 2.36. The lowest BCUT2D eigenvalue weighted by Crippen LogP contribution is -2.01. The number of aliphatic carboxylic acids is 1. The van der Waals surface area contributed by atoms with Crippen LogP contribution in [0.2, 0.25) is 10.0 Å². The summed E-state index contributed by atoms with van der Waals surface area (Å²) in [5.74, 6) is -0.381. The van der Waals surface area contributed by atoms with Crippen molar-refractivity contribution in [1.82, 2.24) is 0 Å². The molecule has 0 heterocycles. The van der Waals surface area contributed by atoms with Gasteiger partial charge in [0.1, 0.15) is 5.75 Å². The van der Waals surface area contributed by atoms with E-state index in [-0.39, 0.29) is 6.42 Å². The van der Waals surface area contributed by atoms with Crippen molar-refractivity contribution in [1.29, 1.82) is 0 Å². The Balaban J connectivity index is 2.64. The third-order valence-electron chi connectivity index (χ3n) is 2.75. The topological polar surface area (TPSA) is 66.8 Å². The molecule has 0 radical (unpaired) electrons. The quantitative estimate of drug-likeness (QED) is 0.754. The first kappa shape index (κ1) is 16.1. The number of carbonyl (C=O) groups is 1. The van der Waals surface area contributed by atoms with E-state index in [2.05, 4.69) is 0 Å². The molecule has 106 valence electrons. The lowest BCUT2D eigenvalue weighted by Gasteiger charge is -2.14. The van der Waals surface area contributed by atoms with Crippen molar-refractivity contribution >= 4 is 29.2 Å². The Morgan fingerprint density at radius 2 is 2.00 bits per heavy atom. The van der Waals surface area contributed by atoms with E-state index in [1.807, 2.05) is 0 Å². The van der Waals surface area contributed by atoms with Crippen LogP contribution in [0.3, 0.4) is 0 Å². The third-order valence-corrected chi connectivity index (χ3v) is 3.37. The van der Waals surface area contributed by atoms with Gasteiger partial charge in [0.15, 0.2) is 0 Å². The van der Waals surface area contributed by atoms with Gasteiger partial charge in [0.05, 0.1) is 23.3 Å². The smallest absolute Gasteiger partial charge is 0.303 e. The maximum atomic E-state index is 10.4. The van der Waals surface area contributed by atoms with Gasteiger partial charge < -0.3 is 14.9 Å². The minimum absolute atomic E-state index is 0.101. The Hall–Kier alpha value is -0.970. The van der Waals surface area contributed by atoms with Crippen LogP contribution in [0.5, 0.6) is 5.75 Å². The Kier molecular flexibility index (Phi) is 6.42. The zero-order valence-corrected chi connectivity index (χ0v) is 12.0. The molecule has 0 amide bonds. The fraction of sp³-hybridized carbons (Fsp3) is 0.462. The molecular weight excluding hydrogens is 291 g/mol. The first-order valence-corrected chi connectivity index (χ1v) is 6.64. The molecule has 0 bridgehead atoms. The number of benzene rings is 1. The van der Waals surface area contributed by atoms with Gasteiger partial charge >= 0.3 is 5.97 Å². The number of halogens is 2. The predicted octanol–water partition coefficient (Wildman–Crippen LogP) is 3.68. The van der Waals surface area contributed by atoms with Crippen LogP contribution >= 0.6 is 23.2 Å². The van der Waals surface area contributed by atoms with E-state index in [1.54, 1.807) is 12.1 Å². The Morgan fingerprint density at radius 3 is 2.58 bits per heavy atom. The highest BCUT2D eigenvalue weighted by atomic mass is 35.5. The van der Waals surface area contributed by atoms with Crippen molar-refractivity contribution in [3.8, 4) is 5.75 Å². The van der Waals surface area contributed by atoms with Crippen LogP contribution in [-0.2, 0) is 4.79 Å². The summed E-state index contributed by atoms with van der Waals surface area (Å²) in [6.07, 6.45) is 0.908. The van der Waals surface area contributed by atoms with Crippen LogP contribution < -0.4 is 4.74 Å². The SMILES string of the molecule is COc1cc(Cl)c(C(O)CCCCC(=O)O)cc1Cl. The number of aliphatic hydroxyl groups excluding tert-OH is 1. The maximum Gasteiger partial charge on any atom is 0.303 e. The number of ether oxygens (including phenoxy) is 1. The van der Waals surface area contributed by atoms with Gasteiger partial charge in [-0.1, -0.05) is 23.2 Å². The molecule has 0 saturated carbocycles. The van der Waals surface area contributed by atoms with E-state index in [0.717, 1.165) is 0 Å². The molecule has 0 spiro atoms. The van der Waals surface area contributed by atoms with E-state index in [0.29, 0.717) is 40.6 Å². The molecule has 0 fully saturated rings. The van der Waals surface area contributed by atoms with Gasteiger partial charge in [0.25, 0.3) is 0 Å². The van der Waals surface area contributed by atoms with Crippen LogP contribution in [-0.4, -0.2) is 23.3 Å². The minimum atomic E-state index is -0.833. The lowest BCUT2D eigenvalue weighted by atomic mass is 10.0. The zero-order valence-electron chi connectivity index (χ0n) is 10.5. The molecule has 0 aromatic heterocycles. The maximum absolute atomic E-state index is 10.4. The normalized spacial score (nSPS) is 12.2. The van der Waals surface area contributed by atoms with Gasteiger partial charge in [-0.05, 0) is 25.3 Å². The minimum Gasteiger partial charge on any atom is -0.495 e. The highest BCUT2D eigenvalue weighted by Crippen LogP contribution is 2.35. The summed E-state index contributed by atoms with van der Waals surface area (Å²) < 4.78 is 5.02. The summed E-state index contributed by atoms with van der Waals surface area (Å²) in [5.41, 5.74) is 0.530. The molecule has 0 saturated heterocycles. The van der Waals surface area contributed by atoms with E-state index >= 15 is 0 Å². The largest absolute Gasteiger partial charge is 0.495 e. The molecule has 4 nitrogen and oxygen atoms in total. The predicted molar refractivity (Wildman–Crippen MR) is 74.1 cm³/mol. The van der Waals surface area contributed by atoms with E-state index in [4.69, 9.17) is 33.0 Å². The number of unbranched alkanes of at least 4 members (excludes halogenated alkanes) is 1. The molecule has 0 aliphatic heterocycles. The molecule has 19 heavy (non-hydrogen) atoms. The zero-order chi connectivity index (χ0) is 14.4. The third kappa shape index (κ3) is 4.90. The summed E-state index contributed by atoms with van der Waals surface area (Å²) >= 11 is 12.0. The number of carboxylic acid groups (broad SMARTS) is 1. The molecule has 1 aromatic rings. The second-order valence-electron chi connectivity index (χ2n) is 4.16. The second kappa shape index (κ2) is 7.58. The standard InChI is InChI=1S/C13H16Cl2O4/c1-19-12-7-9(14)8(6-10(12)15)11(16)4-2-3-5-13(17)18/h6-7,11,16H,2-5H2,1H3,(H,17,18). The Labute approximate surface area is 121 Å². The first-order chi connectivity index (χ1) is 8.95. The average molecular weight is 307 g/mol. The van der Waals surface area contributed by atoms with Gasteiger partial charge in [-0.15, -0.1) is 0 Å². The second-order valence-corrected chi connectivity index (χ2v) is 4.98. The molecule has 0 aliphatic rings. The number of aliphatic hydroxyl groups is 1. The fourth-order valence-corrected chi connectivity index (χ4v) is 2.25. The van der Waals surface area contributed by atoms with Gasteiger partial charge in [0, 0.05) is 18.1 Å². The van der Waals surface area contributed by atoms with Crippen LogP contribution in [0.4, 0.5) is 0 Å². The van der Waals surface area contributed by atoms with Crippen molar-refractivity contribution in [3.05, 3.63) is 27.7 Å². The first-order valence-electron chi connectivity index (χ1n) is 5.88. The molecule has 1 atom stereocenters. The molecule has 1 unspecified atom stereocenters. The van der Waals surface area contributed by atoms with Crippen LogP contribution in [0.15, 0.2) is 12.1 Å². The summed E-state index contributed by atoms with van der Waals surface area (Å²) in [4.78, 5) is 10.4. The van der Waals surface area contributed by atoms with Crippen molar-refractivity contribution in [2.24, 2.45) is 0 Å². The van der Waals surface area contributed by atoms with Crippen molar-refractivity contribution < 1.29 is 19.7 Å². The Morgan fingerprint density at radius 1 is 1.32 bits per heavy atom. The monoisotopic (exact) mass is 306 g/mol. The molecular formula is C13H16Cl2O4. The van der Waals surface area contributed by atoms with Crippen molar-refractivity contribution in [2.75, 3.05) is 7.11 Å². The van der Waals surface area contributed by atoms with Crippen LogP contribution in [0.1, 0.15) is 37.4 Å². The van der Waals surface area contributed by atoms with Gasteiger partial charge in [0.2, 0.25) is 0 Å². The highest BCUT2D eigenvalue weighted by molar-refractivity contribution is 6.34. The van der Waals surface area contributed by atoms with Crippen molar-refractivity contribution in [3.63, 3.8) is 0 Å². The van der Waals surface area contributed by atoms with E-state index in [1.165, 1.54) is 7.11 Å². The summed E-state index contributed by atoms with van der Waals surface area (Å²) in [6.45, 7) is 0. The summed E-state index contributed by atoms with van der Waals surface area (Å²) in [6, 6.07) is 3.13. The molecule has 1 aromatic carbocycles. The van der Waals surface area contributed by atoms with E-state index < -0.39 is 12.1 Å². The van der Waals surface area contributed by atoms with Crippen LogP contribution in [0.25, 0.3) is 0 Å². The van der Waals surface area contributed by atoms with Crippen molar-refractivity contribution in [2.45, 2.75) is 31.8 Å². The van der Waals surface area contributed by atoms with E-state index in [9.17, 15) is 9.90 Å². The van der Waals surface area contributed by atoms with Crippen LogP contribution in [0, 0.1) is 0 Å². The number of methoxy groups -OCH3 is 1.